The maximum Gasteiger partial charge on any atom is 0.421 e. The summed E-state index contributed by atoms with van der Waals surface area (Å²) in [7, 11) is 0. The normalized spacial score (nSPS) is 16.9. The molecule has 23 heavy (non-hydrogen) atoms. The van der Waals surface area contributed by atoms with E-state index in [1.54, 1.807) is 0 Å². The molecular formula is C15H16F3N3O2. The Kier molecular flexibility index (Phi) is 3.79. The summed E-state index contributed by atoms with van der Waals surface area (Å²) >= 11 is 0. The fourth-order valence-corrected chi connectivity index (χ4v) is 2.50. The second kappa shape index (κ2) is 5.52. The smallest absolute Gasteiger partial charge is 0.421 e. The first-order valence-corrected chi connectivity index (χ1v) is 7.22. The Morgan fingerprint density at radius 2 is 1.91 bits per heavy atom. The Morgan fingerprint density at radius 3 is 2.57 bits per heavy atom. The lowest BCUT2D eigenvalue weighted by atomic mass is 9.95. The first kappa shape index (κ1) is 15.8. The first-order valence-electron chi connectivity index (χ1n) is 7.22. The van der Waals surface area contributed by atoms with Gasteiger partial charge in [0.2, 0.25) is 0 Å². The van der Waals surface area contributed by atoms with Gasteiger partial charge in [-0.2, -0.15) is 13.2 Å². The van der Waals surface area contributed by atoms with Gasteiger partial charge >= 0.3 is 6.18 Å². The summed E-state index contributed by atoms with van der Waals surface area (Å²) in [5.74, 6) is 2.03. The van der Waals surface area contributed by atoms with E-state index < -0.39 is 11.8 Å². The Balaban J connectivity index is 1.68. The van der Waals surface area contributed by atoms with Gasteiger partial charge in [0.15, 0.2) is 11.4 Å². The molecule has 0 saturated heterocycles. The molecule has 124 valence electrons. The summed E-state index contributed by atoms with van der Waals surface area (Å²) in [6, 6.07) is 5.21. The van der Waals surface area contributed by atoms with Gasteiger partial charge in [0, 0.05) is 13.0 Å². The first-order chi connectivity index (χ1) is 10.8. The molecule has 0 spiro atoms. The second-order valence-electron chi connectivity index (χ2n) is 5.67. The topological polar surface area (TPSA) is 60.2 Å². The largest absolute Gasteiger partial charge is 0.486 e. The third-order valence-electron chi connectivity index (χ3n) is 4.02. The minimum Gasteiger partial charge on any atom is -0.486 e. The van der Waals surface area contributed by atoms with Crippen LogP contribution in [-0.4, -0.2) is 26.0 Å². The zero-order valence-electron chi connectivity index (χ0n) is 12.5. The number of hydrogen-bond acceptors (Lipinski definition) is 4. The molecule has 1 N–H and O–H groups in total. The van der Waals surface area contributed by atoms with Crippen molar-refractivity contribution in [3.63, 3.8) is 0 Å². The van der Waals surface area contributed by atoms with Gasteiger partial charge in [0.05, 0.1) is 0 Å². The number of alkyl halides is 3. The minimum atomic E-state index is -4.74. The number of hydrogen-bond donors (Lipinski definition) is 1. The van der Waals surface area contributed by atoms with Gasteiger partial charge in [-0.3, -0.25) is 0 Å². The van der Waals surface area contributed by atoms with Crippen LogP contribution in [-0.2, 0) is 25.2 Å². The van der Waals surface area contributed by atoms with Crippen molar-refractivity contribution < 1.29 is 23.0 Å². The van der Waals surface area contributed by atoms with Crippen LogP contribution in [0.25, 0.3) is 0 Å². The van der Waals surface area contributed by atoms with E-state index in [1.165, 1.54) is 24.3 Å². The Hall–Kier alpha value is -2.09. The van der Waals surface area contributed by atoms with Gasteiger partial charge in [-0.05, 0) is 31.0 Å². The average molecular weight is 327 g/mol. The van der Waals surface area contributed by atoms with Crippen molar-refractivity contribution in [3.8, 4) is 5.75 Å². The van der Waals surface area contributed by atoms with Crippen LogP contribution in [0.5, 0.6) is 5.75 Å². The highest BCUT2D eigenvalue weighted by Crippen LogP contribution is 2.38. The molecule has 0 bridgehead atoms. The van der Waals surface area contributed by atoms with Crippen LogP contribution < -0.4 is 4.74 Å². The van der Waals surface area contributed by atoms with E-state index in [4.69, 9.17) is 4.74 Å². The standard InChI is InChI=1S/C15H16F3N3O2/c1-14(22,15(16,17)18)10-4-6-11(7-5-10)23-9-13-20-19-12-3-2-8-21(12)13/h4-7,22H,2-3,8-9H2,1H3. The van der Waals surface area contributed by atoms with E-state index in [1.807, 2.05) is 4.57 Å². The highest BCUT2D eigenvalue weighted by Gasteiger charge is 2.51. The van der Waals surface area contributed by atoms with Crippen molar-refractivity contribution in [3.05, 3.63) is 41.5 Å². The monoisotopic (exact) mass is 327 g/mol. The van der Waals surface area contributed by atoms with E-state index >= 15 is 0 Å². The SMILES string of the molecule is CC(O)(c1ccc(OCc2nnc3n2CCC3)cc1)C(F)(F)F. The van der Waals surface area contributed by atoms with Crippen molar-refractivity contribution in [2.45, 2.75) is 44.7 Å². The van der Waals surface area contributed by atoms with Gasteiger partial charge < -0.3 is 14.4 Å². The summed E-state index contributed by atoms with van der Waals surface area (Å²) < 4.78 is 45.9. The summed E-state index contributed by atoms with van der Waals surface area (Å²) in [4.78, 5) is 0. The number of fused-ring (bicyclic) bond motifs is 1. The zero-order chi connectivity index (χ0) is 16.7. The molecule has 0 amide bonds. The van der Waals surface area contributed by atoms with Crippen molar-refractivity contribution in [2.75, 3.05) is 0 Å². The predicted molar refractivity (Wildman–Crippen MR) is 74.7 cm³/mol. The van der Waals surface area contributed by atoms with E-state index in [2.05, 4.69) is 10.2 Å². The van der Waals surface area contributed by atoms with Crippen LogP contribution >= 0.6 is 0 Å². The number of aromatic nitrogens is 3. The summed E-state index contributed by atoms with van der Waals surface area (Å²) in [6.07, 6.45) is -2.81. The van der Waals surface area contributed by atoms with Crippen molar-refractivity contribution in [2.24, 2.45) is 0 Å². The predicted octanol–water partition coefficient (Wildman–Crippen LogP) is 2.57. The lowest BCUT2D eigenvalue weighted by molar-refractivity contribution is -0.258. The fourth-order valence-electron chi connectivity index (χ4n) is 2.50. The van der Waals surface area contributed by atoms with Gasteiger partial charge in [-0.15, -0.1) is 10.2 Å². The summed E-state index contributed by atoms with van der Waals surface area (Å²) in [6.45, 7) is 1.78. The maximum atomic E-state index is 12.8. The molecule has 0 radical (unpaired) electrons. The highest BCUT2D eigenvalue weighted by molar-refractivity contribution is 5.31. The quantitative estimate of drug-likeness (QED) is 0.938. The fraction of sp³-hybridized carbons (Fsp3) is 0.467. The number of aryl methyl sites for hydroxylation is 1. The van der Waals surface area contributed by atoms with Crippen LogP contribution in [0.15, 0.2) is 24.3 Å². The zero-order valence-corrected chi connectivity index (χ0v) is 12.5. The molecule has 2 aromatic rings. The van der Waals surface area contributed by atoms with E-state index in [0.717, 1.165) is 32.1 Å². The van der Waals surface area contributed by atoms with Crippen molar-refractivity contribution >= 4 is 0 Å². The molecule has 8 heteroatoms. The molecule has 0 aliphatic carbocycles. The number of aliphatic hydroxyl groups is 1. The molecule has 1 aromatic heterocycles. The Morgan fingerprint density at radius 1 is 1.22 bits per heavy atom. The number of benzene rings is 1. The van der Waals surface area contributed by atoms with E-state index in [-0.39, 0.29) is 12.2 Å². The third kappa shape index (κ3) is 2.90. The molecule has 2 heterocycles. The molecule has 1 aliphatic rings. The molecule has 1 unspecified atom stereocenters. The molecule has 1 aromatic carbocycles. The van der Waals surface area contributed by atoms with Crippen molar-refractivity contribution in [1.29, 1.82) is 0 Å². The highest BCUT2D eigenvalue weighted by atomic mass is 19.4. The molecule has 1 atom stereocenters. The van der Waals surface area contributed by atoms with Crippen LogP contribution in [0.4, 0.5) is 13.2 Å². The minimum absolute atomic E-state index is 0.196. The molecule has 1 aliphatic heterocycles. The van der Waals surface area contributed by atoms with Crippen LogP contribution in [0.3, 0.4) is 0 Å². The van der Waals surface area contributed by atoms with Crippen molar-refractivity contribution in [1.82, 2.24) is 14.8 Å². The molecule has 5 nitrogen and oxygen atoms in total. The van der Waals surface area contributed by atoms with E-state index in [0.29, 0.717) is 11.6 Å². The summed E-state index contributed by atoms with van der Waals surface area (Å²) in [5.41, 5.74) is -3.12. The molecule has 0 saturated carbocycles. The van der Waals surface area contributed by atoms with Gasteiger partial charge in [0.1, 0.15) is 18.2 Å². The number of halogens is 3. The van der Waals surface area contributed by atoms with Gasteiger partial charge in [-0.25, -0.2) is 0 Å². The Labute approximate surface area is 130 Å². The summed E-state index contributed by atoms with van der Waals surface area (Å²) in [5, 5.41) is 17.7. The van der Waals surface area contributed by atoms with Gasteiger partial charge in [0.25, 0.3) is 0 Å². The number of ether oxygens (including phenoxy) is 1. The number of rotatable bonds is 4. The number of nitrogens with zero attached hydrogens (tertiary/aromatic N) is 3. The van der Waals surface area contributed by atoms with E-state index in [9.17, 15) is 18.3 Å². The maximum absolute atomic E-state index is 12.8. The average Bonchev–Trinajstić information content (AvgIpc) is 3.08. The lowest BCUT2D eigenvalue weighted by Crippen LogP contribution is -2.39. The third-order valence-corrected chi connectivity index (χ3v) is 4.02. The second-order valence-corrected chi connectivity index (χ2v) is 5.67. The lowest BCUT2D eigenvalue weighted by Gasteiger charge is -2.26. The van der Waals surface area contributed by atoms with Crippen LogP contribution in [0.2, 0.25) is 0 Å². The molecule has 3 rings (SSSR count). The molecule has 0 fully saturated rings. The van der Waals surface area contributed by atoms with Crippen LogP contribution in [0, 0.1) is 0 Å². The van der Waals surface area contributed by atoms with Gasteiger partial charge in [-0.1, -0.05) is 12.1 Å². The van der Waals surface area contributed by atoms with Crippen LogP contribution in [0.1, 0.15) is 30.6 Å². The molecular weight excluding hydrogens is 311 g/mol. The Bertz CT molecular complexity index is 693.